The number of hydrogen-bond donors (Lipinski definition) is 0. The fraction of sp³-hybridized carbons (Fsp3) is 0.0769. The molecule has 1 aromatic heterocycles. The van der Waals surface area contributed by atoms with Crippen molar-refractivity contribution >= 4 is 34.8 Å². The molecule has 0 fully saturated rings. The van der Waals surface area contributed by atoms with Crippen LogP contribution in [0.5, 0.6) is 0 Å². The molecule has 18 heavy (non-hydrogen) atoms. The van der Waals surface area contributed by atoms with E-state index in [0.29, 0.717) is 20.8 Å². The van der Waals surface area contributed by atoms with Crippen molar-refractivity contribution in [3.63, 3.8) is 0 Å². The third kappa shape index (κ3) is 2.76. The van der Waals surface area contributed by atoms with E-state index < -0.39 is 0 Å². The van der Waals surface area contributed by atoms with E-state index in [-0.39, 0.29) is 6.42 Å². The molecule has 1 heterocycles. The van der Waals surface area contributed by atoms with Gasteiger partial charge in [-0.2, -0.15) is 5.26 Å². The van der Waals surface area contributed by atoms with E-state index in [1.54, 1.807) is 24.3 Å². The number of pyridine rings is 1. The summed E-state index contributed by atoms with van der Waals surface area (Å²) in [5, 5.41) is 10.4. The highest BCUT2D eigenvalue weighted by molar-refractivity contribution is 6.35. The second-order valence-electron chi connectivity index (χ2n) is 3.61. The van der Waals surface area contributed by atoms with Gasteiger partial charge in [0.15, 0.2) is 0 Å². The van der Waals surface area contributed by atoms with Crippen molar-refractivity contribution < 1.29 is 0 Å². The fourth-order valence-electron chi connectivity index (χ4n) is 1.62. The first kappa shape index (κ1) is 13.2. The van der Waals surface area contributed by atoms with Crippen LogP contribution >= 0.6 is 34.8 Å². The van der Waals surface area contributed by atoms with E-state index in [1.807, 2.05) is 0 Å². The maximum absolute atomic E-state index is 8.80. The van der Waals surface area contributed by atoms with Crippen LogP contribution in [0.15, 0.2) is 30.5 Å². The summed E-state index contributed by atoms with van der Waals surface area (Å²) >= 11 is 18.0. The van der Waals surface area contributed by atoms with E-state index >= 15 is 0 Å². The van der Waals surface area contributed by atoms with Crippen molar-refractivity contribution in [1.29, 1.82) is 5.26 Å². The van der Waals surface area contributed by atoms with Gasteiger partial charge in [0, 0.05) is 27.4 Å². The number of rotatable bonds is 2. The van der Waals surface area contributed by atoms with Crippen LogP contribution in [0.4, 0.5) is 0 Å². The molecule has 0 aliphatic rings. The van der Waals surface area contributed by atoms with E-state index in [4.69, 9.17) is 40.1 Å². The minimum atomic E-state index is 0.190. The van der Waals surface area contributed by atoms with Gasteiger partial charge in [0.1, 0.15) is 0 Å². The Morgan fingerprint density at radius 3 is 2.50 bits per heavy atom. The Labute approximate surface area is 120 Å². The van der Waals surface area contributed by atoms with Crippen molar-refractivity contribution in [1.82, 2.24) is 4.98 Å². The second-order valence-corrected chi connectivity index (χ2v) is 4.89. The smallest absolute Gasteiger partial charge is 0.0781 e. The topological polar surface area (TPSA) is 36.7 Å². The molecule has 0 amide bonds. The van der Waals surface area contributed by atoms with Crippen LogP contribution in [0.2, 0.25) is 15.1 Å². The Morgan fingerprint density at radius 2 is 1.78 bits per heavy atom. The number of halogens is 3. The highest BCUT2D eigenvalue weighted by atomic mass is 35.5. The van der Waals surface area contributed by atoms with Crippen LogP contribution in [0.25, 0.3) is 11.1 Å². The molecule has 2 nitrogen and oxygen atoms in total. The van der Waals surface area contributed by atoms with Gasteiger partial charge >= 0.3 is 0 Å². The van der Waals surface area contributed by atoms with Crippen LogP contribution in [0, 0.1) is 11.3 Å². The molecule has 90 valence electrons. The third-order valence-corrected chi connectivity index (χ3v) is 3.17. The molecule has 5 heteroatoms. The predicted octanol–water partition coefficient (Wildman–Crippen LogP) is 4.77. The zero-order chi connectivity index (χ0) is 13.1. The van der Waals surface area contributed by atoms with Crippen LogP contribution in [-0.4, -0.2) is 4.98 Å². The molecule has 2 aromatic rings. The van der Waals surface area contributed by atoms with Gasteiger partial charge < -0.3 is 0 Å². The monoisotopic (exact) mass is 296 g/mol. The van der Waals surface area contributed by atoms with Gasteiger partial charge in [-0.1, -0.05) is 34.8 Å². The summed E-state index contributed by atoms with van der Waals surface area (Å²) in [5.74, 6) is 0. The maximum atomic E-state index is 8.80. The molecule has 0 unspecified atom stereocenters. The second kappa shape index (κ2) is 5.58. The molecule has 1 aromatic carbocycles. The van der Waals surface area contributed by atoms with Crippen molar-refractivity contribution in [2.24, 2.45) is 0 Å². The van der Waals surface area contributed by atoms with Gasteiger partial charge in [-0.25, -0.2) is 0 Å². The summed E-state index contributed by atoms with van der Waals surface area (Å²) in [6.45, 7) is 0. The lowest BCUT2D eigenvalue weighted by molar-refractivity contribution is 1.12. The van der Waals surface area contributed by atoms with Gasteiger partial charge in [0.2, 0.25) is 0 Å². The average molecular weight is 298 g/mol. The van der Waals surface area contributed by atoms with Gasteiger partial charge in [0.25, 0.3) is 0 Å². The molecule has 0 N–H and O–H groups in total. The minimum absolute atomic E-state index is 0.190. The predicted molar refractivity (Wildman–Crippen MR) is 74.0 cm³/mol. The number of nitrogens with zero attached hydrogens (tertiary/aromatic N) is 2. The molecule has 0 saturated carbocycles. The van der Waals surface area contributed by atoms with Crippen LogP contribution in [0.3, 0.4) is 0 Å². The van der Waals surface area contributed by atoms with E-state index in [9.17, 15) is 0 Å². The Balaban J connectivity index is 2.65. The lowest BCUT2D eigenvalue weighted by Gasteiger charge is -2.09. The molecule has 0 radical (unpaired) electrons. The first-order valence-corrected chi connectivity index (χ1v) is 6.22. The molecular weight excluding hydrogens is 291 g/mol. The molecule has 0 atom stereocenters. The van der Waals surface area contributed by atoms with Gasteiger partial charge in [0.05, 0.1) is 23.2 Å². The largest absolute Gasteiger partial charge is 0.258 e. The Kier molecular flexibility index (Phi) is 4.08. The lowest BCUT2D eigenvalue weighted by atomic mass is 10.0. The fourth-order valence-corrected chi connectivity index (χ4v) is 2.17. The minimum Gasteiger partial charge on any atom is -0.258 e. The number of benzene rings is 1. The molecule has 0 bridgehead atoms. The van der Waals surface area contributed by atoms with E-state index in [2.05, 4.69) is 11.1 Å². The van der Waals surface area contributed by atoms with Gasteiger partial charge in [-0.3, -0.25) is 4.98 Å². The van der Waals surface area contributed by atoms with Crippen molar-refractivity contribution in [3.8, 4) is 17.2 Å². The summed E-state index contributed by atoms with van der Waals surface area (Å²) < 4.78 is 0. The third-order valence-electron chi connectivity index (χ3n) is 2.40. The van der Waals surface area contributed by atoms with E-state index in [1.165, 1.54) is 6.20 Å². The van der Waals surface area contributed by atoms with Crippen LogP contribution < -0.4 is 0 Å². The number of aromatic nitrogens is 1. The first-order valence-electron chi connectivity index (χ1n) is 5.08. The normalized spacial score (nSPS) is 10.1. The molecule has 2 rings (SSSR count). The summed E-state index contributed by atoms with van der Waals surface area (Å²) in [7, 11) is 0. The Bertz CT molecular complexity index is 633. The highest BCUT2D eigenvalue weighted by Gasteiger charge is 2.11. The standard InChI is InChI=1S/C13H7Cl3N2/c14-8-1-2-12(16)10(5-8)11-6-9(15)7-18-13(11)3-4-17/h1-2,5-7H,3H2. The van der Waals surface area contributed by atoms with Crippen molar-refractivity contribution in [3.05, 3.63) is 51.2 Å². The Morgan fingerprint density at radius 1 is 1.06 bits per heavy atom. The van der Waals surface area contributed by atoms with Crippen molar-refractivity contribution in [2.45, 2.75) is 6.42 Å². The van der Waals surface area contributed by atoms with Crippen LogP contribution in [0.1, 0.15) is 5.69 Å². The van der Waals surface area contributed by atoms with Crippen molar-refractivity contribution in [2.75, 3.05) is 0 Å². The highest BCUT2D eigenvalue weighted by Crippen LogP contribution is 2.33. The molecule has 0 saturated heterocycles. The zero-order valence-corrected chi connectivity index (χ0v) is 11.4. The number of hydrogen-bond acceptors (Lipinski definition) is 2. The quantitative estimate of drug-likeness (QED) is 0.800. The molecule has 0 aliphatic carbocycles. The maximum Gasteiger partial charge on any atom is 0.0781 e. The van der Waals surface area contributed by atoms with Gasteiger partial charge in [-0.15, -0.1) is 0 Å². The van der Waals surface area contributed by atoms with Gasteiger partial charge in [-0.05, 0) is 24.3 Å². The summed E-state index contributed by atoms with van der Waals surface area (Å²) in [6, 6.07) is 8.94. The number of nitriles is 1. The molecular formula is C13H7Cl3N2. The summed E-state index contributed by atoms with van der Waals surface area (Å²) in [6.07, 6.45) is 1.70. The van der Waals surface area contributed by atoms with E-state index in [0.717, 1.165) is 11.1 Å². The molecule has 0 spiro atoms. The summed E-state index contributed by atoms with van der Waals surface area (Å²) in [5.41, 5.74) is 2.09. The van der Waals surface area contributed by atoms with Crippen LogP contribution in [-0.2, 0) is 6.42 Å². The zero-order valence-electron chi connectivity index (χ0n) is 9.12. The lowest BCUT2D eigenvalue weighted by Crippen LogP contribution is -1.93. The molecule has 0 aliphatic heterocycles. The SMILES string of the molecule is N#CCc1ncc(Cl)cc1-c1cc(Cl)ccc1Cl. The Hall–Kier alpha value is -1.27. The average Bonchev–Trinajstić information content (AvgIpc) is 2.35. The first-order chi connectivity index (χ1) is 8.61. The summed E-state index contributed by atoms with van der Waals surface area (Å²) in [4.78, 5) is 4.16.